The van der Waals surface area contributed by atoms with Crippen LogP contribution in [0.5, 0.6) is 5.75 Å². The molecule has 1 aromatic carbocycles. The van der Waals surface area contributed by atoms with Crippen LogP contribution in [0.3, 0.4) is 0 Å². The zero-order chi connectivity index (χ0) is 21.7. The highest BCUT2D eigenvalue weighted by Gasteiger charge is 2.50. The topological polar surface area (TPSA) is 138 Å². The van der Waals surface area contributed by atoms with Crippen molar-refractivity contribution in [2.75, 3.05) is 0 Å². The minimum atomic E-state index is -1.12. The number of aliphatic hydroxyl groups is 2. The van der Waals surface area contributed by atoms with Gasteiger partial charge < -0.3 is 21.1 Å². The molecule has 0 spiro atoms. The van der Waals surface area contributed by atoms with E-state index in [2.05, 4.69) is 5.92 Å². The van der Waals surface area contributed by atoms with Crippen LogP contribution in [0.4, 0.5) is 0 Å². The normalized spacial score (nSPS) is 25.6. The number of rotatable bonds is 2. The fourth-order valence-corrected chi connectivity index (χ4v) is 4.96. The van der Waals surface area contributed by atoms with E-state index in [4.69, 9.17) is 12.2 Å². The number of phenolic OH excluding ortho intramolecular Hbond substituents is 1. The van der Waals surface area contributed by atoms with Crippen LogP contribution >= 0.6 is 0 Å². The van der Waals surface area contributed by atoms with Crippen LogP contribution in [-0.2, 0) is 20.8 Å². The summed E-state index contributed by atoms with van der Waals surface area (Å²) in [5.41, 5.74) is 6.25. The minimum absolute atomic E-state index is 0.0833. The van der Waals surface area contributed by atoms with Gasteiger partial charge >= 0.3 is 0 Å². The molecule has 0 heterocycles. The van der Waals surface area contributed by atoms with Gasteiger partial charge in [-0.05, 0) is 54.0 Å². The smallest absolute Gasteiger partial charge is 0.255 e. The van der Waals surface area contributed by atoms with E-state index in [-0.39, 0.29) is 29.1 Å². The number of primary amides is 1. The van der Waals surface area contributed by atoms with E-state index in [1.54, 1.807) is 12.1 Å². The number of allylic oxidation sites excluding steroid dienone is 3. The summed E-state index contributed by atoms with van der Waals surface area (Å²) in [5, 5.41) is 31.8. The summed E-state index contributed by atoms with van der Waals surface area (Å²) in [7, 11) is 0. The Labute approximate surface area is 172 Å². The Balaban J connectivity index is 1.88. The zero-order valence-electron chi connectivity index (χ0n) is 15.9. The number of carbonyl (C=O) groups is 3. The van der Waals surface area contributed by atoms with E-state index < -0.39 is 46.6 Å². The van der Waals surface area contributed by atoms with Crippen LogP contribution in [0.25, 0.3) is 11.8 Å². The van der Waals surface area contributed by atoms with Crippen LogP contribution in [-0.4, -0.2) is 32.8 Å². The van der Waals surface area contributed by atoms with Gasteiger partial charge in [-0.25, -0.2) is 0 Å². The highest BCUT2D eigenvalue weighted by atomic mass is 16.3. The molecule has 7 nitrogen and oxygen atoms in total. The fraction of sp³-hybridized carbons (Fsp3) is 0.261. The highest BCUT2D eigenvalue weighted by Crippen LogP contribution is 2.50. The first-order valence-electron chi connectivity index (χ1n) is 9.47. The molecule has 5 N–H and O–H groups in total. The molecule has 3 aliphatic rings. The summed E-state index contributed by atoms with van der Waals surface area (Å²) in [6.07, 6.45) is 9.08. The maximum Gasteiger partial charge on any atom is 0.255 e. The summed E-state index contributed by atoms with van der Waals surface area (Å²) in [6, 6.07) is 3.08. The molecule has 152 valence electrons. The summed E-state index contributed by atoms with van der Waals surface area (Å²) < 4.78 is 0. The van der Waals surface area contributed by atoms with E-state index in [9.17, 15) is 29.7 Å². The van der Waals surface area contributed by atoms with E-state index in [1.165, 1.54) is 12.1 Å². The van der Waals surface area contributed by atoms with Gasteiger partial charge in [-0.1, -0.05) is 12.0 Å². The summed E-state index contributed by atoms with van der Waals surface area (Å²) >= 11 is 0. The number of terminal acetylenes is 1. The van der Waals surface area contributed by atoms with Crippen LogP contribution in [0.2, 0.25) is 0 Å². The van der Waals surface area contributed by atoms with Gasteiger partial charge in [-0.3, -0.25) is 14.4 Å². The average molecular weight is 405 g/mol. The largest absolute Gasteiger partial charge is 0.511 e. The molecule has 0 radical (unpaired) electrons. The molecule has 3 atom stereocenters. The maximum absolute atomic E-state index is 13.3. The van der Waals surface area contributed by atoms with Crippen molar-refractivity contribution in [1.29, 1.82) is 0 Å². The predicted octanol–water partition coefficient (Wildman–Crippen LogP) is 1.96. The molecule has 0 aliphatic heterocycles. The van der Waals surface area contributed by atoms with Crippen molar-refractivity contribution >= 4 is 29.3 Å². The van der Waals surface area contributed by atoms with E-state index in [0.717, 1.165) is 0 Å². The SMILES string of the molecule is C#C/C=C/c1ccc(O)c2c1C[C@H]1C[C@H]3CC(=O)C(C(N)=O)=C(O)C3C(=O)C1=C2O. The molecular weight excluding hydrogens is 386 g/mol. The molecule has 0 aromatic heterocycles. The van der Waals surface area contributed by atoms with Crippen molar-refractivity contribution in [3.8, 4) is 18.1 Å². The second kappa shape index (κ2) is 6.92. The molecule has 0 saturated heterocycles. The van der Waals surface area contributed by atoms with Crippen LogP contribution in [0, 0.1) is 30.1 Å². The third-order valence-corrected chi connectivity index (χ3v) is 6.17. The first-order chi connectivity index (χ1) is 14.3. The fourth-order valence-electron chi connectivity index (χ4n) is 4.96. The quantitative estimate of drug-likeness (QED) is 0.438. The number of aliphatic hydroxyl groups excluding tert-OH is 2. The second-order valence-corrected chi connectivity index (χ2v) is 7.78. The van der Waals surface area contributed by atoms with Gasteiger partial charge in [-0.2, -0.15) is 0 Å². The van der Waals surface area contributed by atoms with Gasteiger partial charge in [0, 0.05) is 12.0 Å². The highest BCUT2D eigenvalue weighted by molar-refractivity contribution is 6.21. The maximum atomic E-state index is 13.3. The molecular formula is C23H19NO6. The number of Topliss-reactive ketones (excluding diaryl/α,β-unsaturated/α-hetero) is 2. The molecule has 1 amide bonds. The standard InChI is InChI=1S/C23H19NO6/c1-2-3-4-10-5-6-14(25)18-13(10)8-11-7-12-9-15(26)19(23(24)30)22(29)17(12)20(27)16(11)21(18)28/h1,3-6,11-12,17,25,28-29H,7-9H2,(H2,24,30)/b4-3+/t11-,12+,17?/m1/s1. The van der Waals surface area contributed by atoms with E-state index >= 15 is 0 Å². The van der Waals surface area contributed by atoms with Crippen molar-refractivity contribution in [3.05, 3.63) is 51.8 Å². The van der Waals surface area contributed by atoms with E-state index in [0.29, 0.717) is 24.0 Å². The van der Waals surface area contributed by atoms with Crippen molar-refractivity contribution < 1.29 is 29.7 Å². The molecule has 0 bridgehead atoms. The lowest BCUT2D eigenvalue weighted by atomic mass is 9.61. The Hall–Kier alpha value is -3.79. The van der Waals surface area contributed by atoms with E-state index in [1.807, 2.05) is 0 Å². The number of hydrogen-bond donors (Lipinski definition) is 4. The predicted molar refractivity (Wildman–Crippen MR) is 108 cm³/mol. The third kappa shape index (κ3) is 2.72. The Kier molecular flexibility index (Phi) is 4.50. The van der Waals surface area contributed by atoms with Crippen LogP contribution in [0.15, 0.2) is 35.1 Å². The van der Waals surface area contributed by atoms with Gasteiger partial charge in [0.05, 0.1) is 11.5 Å². The van der Waals surface area contributed by atoms with Gasteiger partial charge in [0.25, 0.3) is 5.91 Å². The Morgan fingerprint density at radius 3 is 2.60 bits per heavy atom. The first-order valence-corrected chi connectivity index (χ1v) is 9.47. The Morgan fingerprint density at radius 2 is 1.93 bits per heavy atom. The van der Waals surface area contributed by atoms with Crippen molar-refractivity contribution in [2.45, 2.75) is 19.3 Å². The van der Waals surface area contributed by atoms with Gasteiger partial charge in [0.2, 0.25) is 0 Å². The molecule has 3 aliphatic carbocycles. The number of benzene rings is 1. The number of amides is 1. The van der Waals surface area contributed by atoms with Crippen molar-refractivity contribution in [2.24, 2.45) is 23.5 Å². The molecule has 4 rings (SSSR count). The lowest BCUT2D eigenvalue weighted by Crippen LogP contribution is -2.44. The molecule has 7 heteroatoms. The number of fused-ring (bicyclic) bond motifs is 3. The number of nitrogens with two attached hydrogens (primary N) is 1. The second-order valence-electron chi connectivity index (χ2n) is 7.78. The Morgan fingerprint density at radius 1 is 1.20 bits per heavy atom. The number of hydrogen-bond acceptors (Lipinski definition) is 6. The van der Waals surface area contributed by atoms with Crippen LogP contribution in [0.1, 0.15) is 29.5 Å². The van der Waals surface area contributed by atoms with Gasteiger partial charge in [0.1, 0.15) is 22.8 Å². The molecule has 30 heavy (non-hydrogen) atoms. The minimum Gasteiger partial charge on any atom is -0.511 e. The lowest BCUT2D eigenvalue weighted by molar-refractivity contribution is -0.127. The first kappa shape index (κ1) is 19.5. The molecule has 1 fully saturated rings. The monoisotopic (exact) mass is 405 g/mol. The Bertz CT molecular complexity index is 1150. The van der Waals surface area contributed by atoms with Crippen LogP contribution < -0.4 is 5.73 Å². The summed E-state index contributed by atoms with van der Waals surface area (Å²) in [5.74, 6) is -3.03. The molecule has 1 aromatic rings. The summed E-state index contributed by atoms with van der Waals surface area (Å²) in [4.78, 5) is 37.2. The average Bonchev–Trinajstić information content (AvgIpc) is 2.66. The van der Waals surface area contributed by atoms with Crippen molar-refractivity contribution in [1.82, 2.24) is 0 Å². The molecule has 1 saturated carbocycles. The van der Waals surface area contributed by atoms with Gasteiger partial charge in [-0.15, -0.1) is 6.42 Å². The number of ketones is 2. The summed E-state index contributed by atoms with van der Waals surface area (Å²) in [6.45, 7) is 0. The van der Waals surface area contributed by atoms with Crippen molar-refractivity contribution in [3.63, 3.8) is 0 Å². The third-order valence-electron chi connectivity index (χ3n) is 6.17. The van der Waals surface area contributed by atoms with Gasteiger partial charge in [0.15, 0.2) is 11.6 Å². The molecule has 1 unspecified atom stereocenters. The lowest BCUT2D eigenvalue weighted by Gasteiger charge is -2.41. The number of phenols is 1. The number of aromatic hydroxyl groups is 1. The number of carbonyl (C=O) groups excluding carboxylic acids is 3. The zero-order valence-corrected chi connectivity index (χ0v) is 15.9.